The summed E-state index contributed by atoms with van der Waals surface area (Å²) in [6.45, 7) is -2.58. The zero-order valence-corrected chi connectivity index (χ0v) is 16.0. The molecule has 2 aromatic heterocycles. The van der Waals surface area contributed by atoms with Gasteiger partial charge in [-0.2, -0.15) is 0 Å². The van der Waals surface area contributed by atoms with E-state index in [1.54, 1.807) is 6.07 Å². The minimum atomic E-state index is -1.60. The van der Waals surface area contributed by atoms with Crippen molar-refractivity contribution in [3.8, 4) is 0 Å². The molecule has 0 aliphatic carbocycles. The number of aromatic nitrogens is 2. The van der Waals surface area contributed by atoms with E-state index in [0.29, 0.717) is 0 Å². The molecule has 0 aliphatic rings. The highest BCUT2D eigenvalue weighted by Gasteiger charge is 2.22. The fraction of sp³-hybridized carbons (Fsp3) is 0.200. The van der Waals surface area contributed by atoms with Crippen molar-refractivity contribution in [1.82, 2.24) is 15.3 Å². The van der Waals surface area contributed by atoms with Gasteiger partial charge in [0.25, 0.3) is 5.91 Å². The zero-order chi connectivity index (χ0) is 22.4. The first-order valence-electron chi connectivity index (χ1n) is 8.99. The molecule has 31 heavy (non-hydrogen) atoms. The molecule has 2 heterocycles. The van der Waals surface area contributed by atoms with Crippen molar-refractivity contribution in [3.63, 3.8) is 0 Å². The number of rotatable bonds is 8. The van der Waals surface area contributed by atoms with E-state index in [4.69, 9.17) is 10.2 Å². The molecule has 1 amide bonds. The van der Waals surface area contributed by atoms with Gasteiger partial charge in [-0.3, -0.25) is 4.79 Å². The average Bonchev–Trinajstić information content (AvgIpc) is 3.19. The number of fused-ring (bicyclic) bond motifs is 1. The summed E-state index contributed by atoms with van der Waals surface area (Å²) in [5.41, 5.74) is 5.14. The number of hydrogen-bond donors (Lipinski definition) is 2. The van der Waals surface area contributed by atoms with Gasteiger partial charge in [-0.25, -0.2) is 27.9 Å². The second-order valence-corrected chi connectivity index (χ2v) is 6.26. The number of amides is 1. The van der Waals surface area contributed by atoms with Crippen LogP contribution in [0.1, 0.15) is 21.9 Å². The highest BCUT2D eigenvalue weighted by molar-refractivity contribution is 6.18. The number of nitrogens with two attached hydrogens (primary N) is 1. The van der Waals surface area contributed by atoms with Crippen LogP contribution in [0.25, 0.3) is 16.5 Å². The normalized spacial score (nSPS) is 11.7. The van der Waals surface area contributed by atoms with Crippen molar-refractivity contribution >= 4 is 28.4 Å². The second kappa shape index (κ2) is 9.74. The lowest BCUT2D eigenvalue weighted by Crippen LogP contribution is -2.25. The van der Waals surface area contributed by atoms with Crippen LogP contribution in [-0.4, -0.2) is 41.3 Å². The van der Waals surface area contributed by atoms with Crippen molar-refractivity contribution in [2.45, 2.75) is 12.6 Å². The number of nitrogens with zero attached hydrogens (tertiary/aromatic N) is 2. The molecule has 3 aromatic rings. The van der Waals surface area contributed by atoms with Gasteiger partial charge in [0.05, 0.1) is 12.1 Å². The van der Waals surface area contributed by atoms with Gasteiger partial charge in [-0.15, -0.1) is 0 Å². The standard InChI is InChI=1S/C20H17F3N4O4/c21-7-14(8-22)31-20(29)15-6-12(23)4-11-5-13(30-17(11)15)10-27-19(28)16(9-24)18-25-2-1-3-26-18/h1-6,9,14H,7-8,10,24H2,(H,27,28)/b16-9+. The van der Waals surface area contributed by atoms with Gasteiger partial charge in [0.1, 0.15) is 36.1 Å². The summed E-state index contributed by atoms with van der Waals surface area (Å²) in [6, 6.07) is 4.93. The average molecular weight is 434 g/mol. The molecule has 1 aromatic carbocycles. The van der Waals surface area contributed by atoms with Crippen molar-refractivity contribution in [3.05, 3.63) is 65.8 Å². The van der Waals surface area contributed by atoms with Crippen LogP contribution in [-0.2, 0) is 16.1 Å². The molecule has 0 bridgehead atoms. The van der Waals surface area contributed by atoms with Gasteiger partial charge < -0.3 is 20.2 Å². The monoisotopic (exact) mass is 434 g/mol. The van der Waals surface area contributed by atoms with Crippen LogP contribution in [0.2, 0.25) is 0 Å². The molecule has 0 atom stereocenters. The van der Waals surface area contributed by atoms with Gasteiger partial charge >= 0.3 is 5.97 Å². The van der Waals surface area contributed by atoms with Gasteiger partial charge in [0, 0.05) is 24.0 Å². The molecule has 0 unspecified atom stereocenters. The summed E-state index contributed by atoms with van der Waals surface area (Å²) < 4.78 is 49.4. The number of furan rings is 1. The highest BCUT2D eigenvalue weighted by atomic mass is 19.1. The van der Waals surface area contributed by atoms with Gasteiger partial charge in [-0.1, -0.05) is 0 Å². The maximum Gasteiger partial charge on any atom is 0.342 e. The van der Waals surface area contributed by atoms with Gasteiger partial charge in [0.15, 0.2) is 11.9 Å². The van der Waals surface area contributed by atoms with E-state index < -0.39 is 37.1 Å². The molecule has 3 N–H and O–H groups in total. The second-order valence-electron chi connectivity index (χ2n) is 6.26. The van der Waals surface area contributed by atoms with Gasteiger partial charge in [-0.05, 0) is 24.3 Å². The first-order valence-corrected chi connectivity index (χ1v) is 8.99. The number of carbonyl (C=O) groups excluding carboxylic acids is 2. The molecule has 0 spiro atoms. The lowest BCUT2D eigenvalue weighted by molar-refractivity contribution is -0.115. The van der Waals surface area contributed by atoms with E-state index in [1.807, 2.05) is 0 Å². The highest BCUT2D eigenvalue weighted by Crippen LogP contribution is 2.26. The van der Waals surface area contributed by atoms with Crippen molar-refractivity contribution in [2.75, 3.05) is 13.3 Å². The number of benzene rings is 1. The van der Waals surface area contributed by atoms with E-state index in [-0.39, 0.29) is 40.2 Å². The minimum absolute atomic E-state index is 0.0236. The maximum atomic E-state index is 13.9. The third-order valence-electron chi connectivity index (χ3n) is 4.11. The fourth-order valence-corrected chi connectivity index (χ4v) is 2.68. The number of carbonyl (C=O) groups is 2. The van der Waals surface area contributed by atoms with E-state index in [0.717, 1.165) is 18.3 Å². The number of hydrogen-bond acceptors (Lipinski definition) is 7. The number of ether oxygens (including phenoxy) is 1. The summed E-state index contributed by atoms with van der Waals surface area (Å²) in [6.07, 6.45) is 2.36. The van der Waals surface area contributed by atoms with E-state index in [2.05, 4.69) is 20.0 Å². The minimum Gasteiger partial charge on any atom is -0.458 e. The summed E-state index contributed by atoms with van der Waals surface area (Å²) >= 11 is 0. The molecule has 8 nitrogen and oxygen atoms in total. The summed E-state index contributed by atoms with van der Waals surface area (Å²) in [5, 5.41) is 2.76. The molecule has 0 radical (unpaired) electrons. The summed E-state index contributed by atoms with van der Waals surface area (Å²) in [5.74, 6) is -2.20. The Labute approximate surface area is 173 Å². The van der Waals surface area contributed by atoms with Gasteiger partial charge in [0.2, 0.25) is 0 Å². The number of halogens is 3. The first kappa shape index (κ1) is 21.8. The third-order valence-corrected chi connectivity index (χ3v) is 4.11. The van der Waals surface area contributed by atoms with Crippen LogP contribution in [0.3, 0.4) is 0 Å². The van der Waals surface area contributed by atoms with Crippen LogP contribution in [0.4, 0.5) is 13.2 Å². The van der Waals surface area contributed by atoms with Crippen molar-refractivity contribution in [1.29, 1.82) is 0 Å². The number of esters is 1. The van der Waals surface area contributed by atoms with Crippen molar-refractivity contribution in [2.24, 2.45) is 5.73 Å². The first-order chi connectivity index (χ1) is 15.0. The predicted octanol–water partition coefficient (Wildman–Crippen LogP) is 2.44. The fourth-order valence-electron chi connectivity index (χ4n) is 2.68. The molecule has 0 saturated carbocycles. The molecule has 11 heteroatoms. The SMILES string of the molecule is N/C=C(/C(=O)NCc1cc2cc(F)cc(C(=O)OC(CF)CF)c2o1)c1ncccn1. The molecular weight excluding hydrogens is 417 g/mol. The Hall–Kier alpha value is -3.89. The quantitative estimate of drug-likeness (QED) is 0.413. The summed E-state index contributed by atoms with van der Waals surface area (Å²) in [4.78, 5) is 32.5. The van der Waals surface area contributed by atoms with E-state index in [1.165, 1.54) is 18.5 Å². The van der Waals surface area contributed by atoms with Crippen LogP contribution in [0, 0.1) is 5.82 Å². The maximum absolute atomic E-state index is 13.9. The predicted molar refractivity (Wildman–Crippen MR) is 103 cm³/mol. The van der Waals surface area contributed by atoms with E-state index >= 15 is 0 Å². The Kier molecular flexibility index (Phi) is 6.85. The molecule has 0 fully saturated rings. The molecule has 0 saturated heterocycles. The van der Waals surface area contributed by atoms with Crippen LogP contribution >= 0.6 is 0 Å². The Morgan fingerprint density at radius 3 is 2.55 bits per heavy atom. The molecule has 3 rings (SSSR count). The third kappa shape index (κ3) is 5.00. The summed E-state index contributed by atoms with van der Waals surface area (Å²) in [7, 11) is 0. The van der Waals surface area contributed by atoms with Crippen molar-refractivity contribution < 1.29 is 31.9 Å². The lowest BCUT2D eigenvalue weighted by atomic mass is 10.1. The van der Waals surface area contributed by atoms with Crippen LogP contribution in [0.5, 0.6) is 0 Å². The Morgan fingerprint density at radius 2 is 1.90 bits per heavy atom. The molecule has 162 valence electrons. The number of nitrogens with one attached hydrogen (secondary N) is 1. The number of alkyl halides is 2. The largest absolute Gasteiger partial charge is 0.458 e. The molecular formula is C20H17F3N4O4. The zero-order valence-electron chi connectivity index (χ0n) is 16.0. The van der Waals surface area contributed by atoms with E-state index in [9.17, 15) is 22.8 Å². The molecule has 0 aliphatic heterocycles. The van der Waals surface area contributed by atoms with Crippen LogP contribution in [0.15, 0.2) is 47.3 Å². The smallest absolute Gasteiger partial charge is 0.342 e. The lowest BCUT2D eigenvalue weighted by Gasteiger charge is -2.11. The van der Waals surface area contributed by atoms with Crippen LogP contribution < -0.4 is 11.1 Å². The Morgan fingerprint density at radius 1 is 1.19 bits per heavy atom. The Balaban J connectivity index is 1.79. The topological polar surface area (TPSA) is 120 Å². The Bertz CT molecular complexity index is 1110.